The van der Waals surface area contributed by atoms with E-state index in [9.17, 15) is 24.5 Å². The topological polar surface area (TPSA) is 134 Å². The number of carbonyl (C=O) groups is 3. The number of Topliss-reactive ketones (excluding diaryl/α,β-unsaturated/α-hetero) is 1. The predicted molar refractivity (Wildman–Crippen MR) is 147 cm³/mol. The Morgan fingerprint density at radius 3 is 2.54 bits per heavy atom. The number of hydrogen-bond donors (Lipinski definition) is 1. The van der Waals surface area contributed by atoms with Crippen molar-refractivity contribution in [2.75, 3.05) is 18.5 Å². The van der Waals surface area contributed by atoms with Crippen molar-refractivity contribution in [3.63, 3.8) is 0 Å². The van der Waals surface area contributed by atoms with Gasteiger partial charge in [-0.15, -0.1) is 0 Å². The van der Waals surface area contributed by atoms with Gasteiger partial charge in [0, 0.05) is 37.1 Å². The molecule has 1 amide bonds. The lowest BCUT2D eigenvalue weighted by atomic mass is 9.87. The number of allylic oxidation sites excluding steroid dienone is 2. The smallest absolute Gasteiger partial charge is 0.411 e. The Balaban J connectivity index is 1.91. The standard InChI is InChI=1S/C29H40N2O8/c1-20(2)8-14-26(33)21(3)7-6-17-29(5)27(39-22(4)32)15-9-23(19-38-29)16-18-37-28(34)30-24-10-12-25(13-11-24)31(35)36/h8,10-13,16,21,27H,6-7,9,14-15,17-19H2,1-5H3,(H,30,34)/t21?,27-,29+/m1/s1. The molecule has 1 aliphatic rings. The highest BCUT2D eigenvalue weighted by atomic mass is 16.6. The molecule has 1 N–H and O–H groups in total. The fraction of sp³-hybridized carbons (Fsp3) is 0.552. The van der Waals surface area contributed by atoms with Crippen molar-refractivity contribution in [3.8, 4) is 0 Å². The summed E-state index contributed by atoms with van der Waals surface area (Å²) in [5, 5.41) is 13.3. The summed E-state index contributed by atoms with van der Waals surface area (Å²) in [6, 6.07) is 5.43. The monoisotopic (exact) mass is 544 g/mol. The van der Waals surface area contributed by atoms with Crippen LogP contribution in [0.5, 0.6) is 0 Å². The van der Waals surface area contributed by atoms with Crippen LogP contribution in [0.4, 0.5) is 16.2 Å². The normalized spacial score (nSPS) is 20.8. The number of nitrogens with one attached hydrogen (secondary N) is 1. The molecule has 0 radical (unpaired) electrons. The van der Waals surface area contributed by atoms with Crippen LogP contribution in [-0.2, 0) is 23.8 Å². The summed E-state index contributed by atoms with van der Waals surface area (Å²) >= 11 is 0. The zero-order valence-corrected chi connectivity index (χ0v) is 23.5. The Hall–Kier alpha value is -3.53. The number of carbonyl (C=O) groups excluding carboxylic acids is 3. The van der Waals surface area contributed by atoms with Crippen LogP contribution >= 0.6 is 0 Å². The average Bonchev–Trinajstić information content (AvgIpc) is 3.01. The fourth-order valence-electron chi connectivity index (χ4n) is 4.30. The van der Waals surface area contributed by atoms with Gasteiger partial charge in [0.2, 0.25) is 0 Å². The highest BCUT2D eigenvalue weighted by molar-refractivity contribution is 5.84. The molecule has 0 bridgehead atoms. The summed E-state index contributed by atoms with van der Waals surface area (Å²) in [6.45, 7) is 9.52. The van der Waals surface area contributed by atoms with Gasteiger partial charge in [-0.3, -0.25) is 25.0 Å². The molecule has 10 heteroatoms. The zero-order valence-electron chi connectivity index (χ0n) is 23.5. The molecule has 0 aliphatic carbocycles. The zero-order chi connectivity index (χ0) is 29.0. The number of hydrogen-bond acceptors (Lipinski definition) is 8. The number of non-ortho nitro benzene ring substituents is 1. The van der Waals surface area contributed by atoms with Gasteiger partial charge in [0.15, 0.2) is 0 Å². The molecule has 1 heterocycles. The maximum Gasteiger partial charge on any atom is 0.411 e. The third kappa shape index (κ3) is 11.0. The second-order valence-corrected chi connectivity index (χ2v) is 10.4. The lowest BCUT2D eigenvalue weighted by molar-refractivity contribution is -0.384. The number of benzene rings is 1. The van der Waals surface area contributed by atoms with Crippen molar-refractivity contribution < 1.29 is 33.5 Å². The maximum absolute atomic E-state index is 12.4. The van der Waals surface area contributed by atoms with E-state index in [0.29, 0.717) is 38.0 Å². The first-order valence-corrected chi connectivity index (χ1v) is 13.2. The number of rotatable bonds is 12. The van der Waals surface area contributed by atoms with Gasteiger partial charge in [0.25, 0.3) is 5.69 Å². The molecule has 1 unspecified atom stereocenters. The second kappa shape index (κ2) is 15.2. The van der Waals surface area contributed by atoms with Crippen molar-refractivity contribution in [2.45, 2.75) is 84.8 Å². The Labute approximate surface area is 229 Å². The Morgan fingerprint density at radius 2 is 1.92 bits per heavy atom. The molecular weight excluding hydrogens is 504 g/mol. The first kappa shape index (κ1) is 31.7. The van der Waals surface area contributed by atoms with Crippen molar-refractivity contribution in [1.82, 2.24) is 0 Å². The Kier molecular flexibility index (Phi) is 12.3. The van der Waals surface area contributed by atoms with Crippen molar-refractivity contribution in [2.24, 2.45) is 5.92 Å². The number of esters is 1. The van der Waals surface area contributed by atoms with Crippen molar-refractivity contribution >= 4 is 29.2 Å². The van der Waals surface area contributed by atoms with E-state index < -0.39 is 22.7 Å². The lowest BCUT2D eigenvalue weighted by Crippen LogP contribution is -2.43. The van der Waals surface area contributed by atoms with Crippen molar-refractivity contribution in [1.29, 1.82) is 0 Å². The highest BCUT2D eigenvalue weighted by Gasteiger charge is 2.39. The van der Waals surface area contributed by atoms with Crippen molar-refractivity contribution in [3.05, 3.63) is 57.7 Å². The molecule has 1 aliphatic heterocycles. The molecule has 0 spiro atoms. The van der Waals surface area contributed by atoms with E-state index in [-0.39, 0.29) is 30.0 Å². The molecule has 3 atom stereocenters. The lowest BCUT2D eigenvalue weighted by Gasteiger charge is -2.35. The quantitative estimate of drug-likeness (QED) is 0.140. The summed E-state index contributed by atoms with van der Waals surface area (Å²) in [5.74, 6) is -0.229. The van der Waals surface area contributed by atoms with E-state index in [2.05, 4.69) is 5.32 Å². The summed E-state index contributed by atoms with van der Waals surface area (Å²) < 4.78 is 17.1. The summed E-state index contributed by atoms with van der Waals surface area (Å²) in [7, 11) is 0. The number of ether oxygens (including phenoxy) is 3. The molecule has 2 rings (SSSR count). The molecule has 1 aromatic carbocycles. The first-order valence-electron chi connectivity index (χ1n) is 13.2. The third-order valence-electron chi connectivity index (χ3n) is 6.79. The van der Waals surface area contributed by atoms with E-state index in [1.54, 1.807) is 6.08 Å². The molecule has 1 aromatic rings. The molecule has 1 fully saturated rings. The van der Waals surface area contributed by atoms with Crippen LogP contribution in [-0.4, -0.2) is 47.7 Å². The van der Waals surface area contributed by atoms with Gasteiger partial charge in [0.1, 0.15) is 24.1 Å². The Morgan fingerprint density at radius 1 is 1.23 bits per heavy atom. The number of amides is 1. The minimum absolute atomic E-state index is 0.0117. The number of nitro groups is 1. The minimum atomic E-state index is -0.710. The number of anilines is 1. The summed E-state index contributed by atoms with van der Waals surface area (Å²) in [4.78, 5) is 46.5. The van der Waals surface area contributed by atoms with Gasteiger partial charge in [-0.05, 0) is 76.7 Å². The summed E-state index contributed by atoms with van der Waals surface area (Å²) in [6.07, 6.45) is 6.31. The minimum Gasteiger partial charge on any atom is -0.459 e. The van der Waals surface area contributed by atoms with Gasteiger partial charge in [-0.2, -0.15) is 0 Å². The molecular formula is C29H40N2O8. The third-order valence-corrected chi connectivity index (χ3v) is 6.79. The van der Waals surface area contributed by atoms with Gasteiger partial charge in [-0.25, -0.2) is 4.79 Å². The Bertz CT molecular complexity index is 1080. The summed E-state index contributed by atoms with van der Waals surface area (Å²) in [5.41, 5.74) is 1.64. The molecule has 0 aromatic heterocycles. The van der Waals surface area contributed by atoms with Crippen LogP contribution < -0.4 is 5.32 Å². The molecule has 214 valence electrons. The number of nitrogens with zero attached hydrogens (tertiary/aromatic N) is 1. The molecule has 39 heavy (non-hydrogen) atoms. The molecule has 10 nitrogen and oxygen atoms in total. The molecule has 0 saturated carbocycles. The van der Waals surface area contributed by atoms with Crippen LogP contribution in [0, 0.1) is 16.0 Å². The second-order valence-electron chi connectivity index (χ2n) is 10.4. The first-order chi connectivity index (χ1) is 18.4. The van der Waals surface area contributed by atoms with Crippen LogP contribution in [0.15, 0.2) is 47.6 Å². The van der Waals surface area contributed by atoms with Crippen LogP contribution in [0.2, 0.25) is 0 Å². The fourth-order valence-corrected chi connectivity index (χ4v) is 4.30. The van der Waals surface area contributed by atoms with Gasteiger partial charge in [0.05, 0.1) is 11.5 Å². The maximum atomic E-state index is 12.4. The van der Waals surface area contributed by atoms with E-state index in [1.165, 1.54) is 31.2 Å². The van der Waals surface area contributed by atoms with E-state index >= 15 is 0 Å². The van der Waals surface area contributed by atoms with E-state index in [0.717, 1.165) is 24.0 Å². The van der Waals surface area contributed by atoms with Crippen LogP contribution in [0.3, 0.4) is 0 Å². The molecule has 1 saturated heterocycles. The van der Waals surface area contributed by atoms with Crippen LogP contribution in [0.25, 0.3) is 0 Å². The SMILES string of the molecule is CC(=O)O[C@@H]1CCC(=CCOC(=O)Nc2ccc([N+](=O)[O-])cc2)CO[C@@]1(C)CCCC(C)C(=O)CC=C(C)C. The van der Waals surface area contributed by atoms with Gasteiger partial charge < -0.3 is 14.2 Å². The number of nitro benzene ring substituents is 1. The van der Waals surface area contributed by atoms with Crippen LogP contribution in [0.1, 0.15) is 73.1 Å². The largest absolute Gasteiger partial charge is 0.459 e. The average molecular weight is 545 g/mol. The van der Waals surface area contributed by atoms with Gasteiger partial charge >= 0.3 is 12.1 Å². The van der Waals surface area contributed by atoms with E-state index in [4.69, 9.17) is 14.2 Å². The number of ketones is 1. The van der Waals surface area contributed by atoms with Gasteiger partial charge in [-0.1, -0.05) is 18.6 Å². The predicted octanol–water partition coefficient (Wildman–Crippen LogP) is 6.30. The highest BCUT2D eigenvalue weighted by Crippen LogP contribution is 2.34. The van der Waals surface area contributed by atoms with E-state index in [1.807, 2.05) is 33.8 Å².